The summed E-state index contributed by atoms with van der Waals surface area (Å²) in [4.78, 5) is 33.5. The highest BCUT2D eigenvalue weighted by atomic mass is 32.2. The lowest BCUT2D eigenvalue weighted by atomic mass is 10.2. The second-order valence-electron chi connectivity index (χ2n) is 7.80. The molecule has 2 amide bonds. The van der Waals surface area contributed by atoms with Crippen LogP contribution in [0.5, 0.6) is 0 Å². The third-order valence-electron chi connectivity index (χ3n) is 5.85. The van der Waals surface area contributed by atoms with E-state index in [0.29, 0.717) is 11.8 Å². The van der Waals surface area contributed by atoms with E-state index in [1.165, 1.54) is 4.90 Å². The summed E-state index contributed by atoms with van der Waals surface area (Å²) in [5.74, 6) is 2.40. The Bertz CT molecular complexity index is 723. The van der Waals surface area contributed by atoms with Gasteiger partial charge in [0.15, 0.2) is 0 Å². The lowest BCUT2D eigenvalue weighted by Gasteiger charge is -2.33. The fraction of sp³-hybridized carbons (Fsp3) is 0.619. The van der Waals surface area contributed by atoms with Crippen molar-refractivity contribution in [3.05, 3.63) is 24.3 Å². The monoisotopic (exact) mass is 419 g/mol. The van der Waals surface area contributed by atoms with Crippen molar-refractivity contribution >= 4 is 41.0 Å². The van der Waals surface area contributed by atoms with Gasteiger partial charge in [0.2, 0.25) is 11.8 Å². The van der Waals surface area contributed by atoms with Gasteiger partial charge >= 0.3 is 0 Å². The molecule has 2 unspecified atom stereocenters. The highest BCUT2D eigenvalue weighted by Crippen LogP contribution is 2.37. The number of para-hydroxylation sites is 1. The van der Waals surface area contributed by atoms with Gasteiger partial charge in [-0.05, 0) is 37.9 Å². The molecule has 0 bridgehead atoms. The van der Waals surface area contributed by atoms with E-state index in [-0.39, 0.29) is 17.9 Å². The number of hydrogen-bond donors (Lipinski definition) is 0. The van der Waals surface area contributed by atoms with E-state index in [0.717, 1.165) is 62.6 Å². The Balaban J connectivity index is 1.46. The van der Waals surface area contributed by atoms with Gasteiger partial charge in [0.1, 0.15) is 0 Å². The lowest BCUT2D eigenvalue weighted by Crippen LogP contribution is -2.51. The summed E-state index contributed by atoms with van der Waals surface area (Å²) in [5, 5.41) is 0.497. The van der Waals surface area contributed by atoms with Crippen LogP contribution in [0.2, 0.25) is 0 Å². The van der Waals surface area contributed by atoms with Gasteiger partial charge in [-0.25, -0.2) is 0 Å². The van der Waals surface area contributed by atoms with Gasteiger partial charge in [-0.1, -0.05) is 19.1 Å². The molecule has 0 saturated carbocycles. The molecule has 0 radical (unpaired) electrons. The Morgan fingerprint density at radius 3 is 2.68 bits per heavy atom. The summed E-state index contributed by atoms with van der Waals surface area (Å²) in [6.45, 7) is 5.84. The molecule has 2 atom stereocenters. The van der Waals surface area contributed by atoms with Crippen molar-refractivity contribution in [2.45, 2.75) is 42.4 Å². The summed E-state index contributed by atoms with van der Waals surface area (Å²) in [7, 11) is 0. The Morgan fingerprint density at radius 1 is 1.07 bits per heavy atom. The molecule has 0 aliphatic carbocycles. The number of nitrogens with zero attached hydrogens (tertiary/aromatic N) is 3. The minimum atomic E-state index is -0.123. The number of carbonyl (C=O) groups excluding carboxylic acids is 2. The number of rotatable bonds is 3. The Kier molecular flexibility index (Phi) is 6.53. The number of fused-ring (bicyclic) bond motifs is 1. The molecule has 2 saturated heterocycles. The summed E-state index contributed by atoms with van der Waals surface area (Å²) in [6, 6.07) is 8.09. The molecule has 28 heavy (non-hydrogen) atoms. The van der Waals surface area contributed by atoms with E-state index in [4.69, 9.17) is 0 Å². The van der Waals surface area contributed by atoms with E-state index >= 15 is 0 Å². The van der Waals surface area contributed by atoms with Crippen molar-refractivity contribution in [1.29, 1.82) is 0 Å². The van der Waals surface area contributed by atoms with E-state index < -0.39 is 0 Å². The molecule has 0 aromatic heterocycles. The zero-order chi connectivity index (χ0) is 19.5. The first-order valence-electron chi connectivity index (χ1n) is 10.3. The number of anilines is 1. The van der Waals surface area contributed by atoms with E-state index in [1.807, 2.05) is 45.5 Å². The van der Waals surface area contributed by atoms with Crippen LogP contribution >= 0.6 is 23.5 Å². The Hall–Kier alpha value is -1.18. The highest BCUT2D eigenvalue weighted by molar-refractivity contribution is 8.00. The fourth-order valence-corrected chi connectivity index (χ4v) is 6.31. The zero-order valence-corrected chi connectivity index (χ0v) is 18.1. The minimum absolute atomic E-state index is 0.121. The smallest absolute Gasteiger partial charge is 0.241 e. The molecule has 0 spiro atoms. The minimum Gasteiger partial charge on any atom is -0.340 e. The third kappa shape index (κ3) is 4.36. The highest BCUT2D eigenvalue weighted by Gasteiger charge is 2.36. The van der Waals surface area contributed by atoms with Crippen LogP contribution in [0.3, 0.4) is 0 Å². The third-order valence-corrected chi connectivity index (χ3v) is 8.03. The molecular weight excluding hydrogens is 390 g/mol. The largest absolute Gasteiger partial charge is 0.340 e. The maximum atomic E-state index is 13.3. The predicted octanol–water partition coefficient (Wildman–Crippen LogP) is 2.94. The normalized spacial score (nSPS) is 26.0. The molecule has 3 aliphatic rings. The van der Waals surface area contributed by atoms with Gasteiger partial charge in [-0.3, -0.25) is 14.5 Å². The molecular formula is C21H29N3O2S2. The summed E-state index contributed by atoms with van der Waals surface area (Å²) in [5.41, 5.74) is 1.02. The van der Waals surface area contributed by atoms with Crippen LogP contribution in [0.1, 0.15) is 26.2 Å². The van der Waals surface area contributed by atoms with Crippen LogP contribution in [0.25, 0.3) is 0 Å². The second kappa shape index (κ2) is 9.09. The molecule has 152 valence electrons. The van der Waals surface area contributed by atoms with Crippen molar-refractivity contribution in [2.75, 3.05) is 49.1 Å². The topological polar surface area (TPSA) is 43.9 Å². The van der Waals surface area contributed by atoms with Crippen molar-refractivity contribution in [1.82, 2.24) is 9.80 Å². The van der Waals surface area contributed by atoms with Crippen molar-refractivity contribution in [2.24, 2.45) is 0 Å². The van der Waals surface area contributed by atoms with Crippen molar-refractivity contribution < 1.29 is 9.59 Å². The van der Waals surface area contributed by atoms with Gasteiger partial charge in [-0.15, -0.1) is 11.8 Å². The van der Waals surface area contributed by atoms with Crippen molar-refractivity contribution in [3.8, 4) is 0 Å². The first-order chi connectivity index (χ1) is 13.6. The number of carbonyl (C=O) groups is 2. The Labute approximate surface area is 176 Å². The molecule has 3 heterocycles. The number of likely N-dealkylation sites (tertiary alicyclic amines) is 1. The molecule has 1 aromatic rings. The van der Waals surface area contributed by atoms with Gasteiger partial charge in [0, 0.05) is 41.3 Å². The van der Waals surface area contributed by atoms with Gasteiger partial charge in [-0.2, -0.15) is 11.8 Å². The molecule has 2 fully saturated rings. The van der Waals surface area contributed by atoms with Crippen LogP contribution in [0, 0.1) is 0 Å². The number of amides is 2. The number of thioether (sulfide) groups is 2. The van der Waals surface area contributed by atoms with Crippen LogP contribution in [-0.4, -0.2) is 77.1 Å². The molecule has 4 rings (SSSR count). The van der Waals surface area contributed by atoms with Gasteiger partial charge in [0.05, 0.1) is 18.3 Å². The quantitative estimate of drug-likeness (QED) is 0.754. The Morgan fingerprint density at radius 2 is 1.86 bits per heavy atom. The standard InChI is InChI=1S/C21H29N3O2S2/c1-16-8-10-24(17-5-2-3-7-19(17)28-16)20(25)15-23-9-4-6-18(23)21(26)22-11-13-27-14-12-22/h2-3,5,7,16,18H,4,6,8-15H2,1H3. The van der Waals surface area contributed by atoms with Crippen LogP contribution in [-0.2, 0) is 9.59 Å². The molecule has 1 aromatic carbocycles. The van der Waals surface area contributed by atoms with Crippen molar-refractivity contribution in [3.63, 3.8) is 0 Å². The molecule has 7 heteroatoms. The number of benzene rings is 1. The summed E-state index contributed by atoms with van der Waals surface area (Å²) >= 11 is 3.76. The van der Waals surface area contributed by atoms with Gasteiger partial charge in [0.25, 0.3) is 0 Å². The first kappa shape index (κ1) is 20.1. The average molecular weight is 420 g/mol. The second-order valence-corrected chi connectivity index (χ2v) is 10.5. The zero-order valence-electron chi connectivity index (χ0n) is 16.5. The number of hydrogen-bond acceptors (Lipinski definition) is 5. The maximum absolute atomic E-state index is 13.3. The van der Waals surface area contributed by atoms with E-state index in [9.17, 15) is 9.59 Å². The maximum Gasteiger partial charge on any atom is 0.241 e. The average Bonchev–Trinajstić information content (AvgIpc) is 3.09. The SMILES string of the molecule is CC1CCN(C(=O)CN2CCCC2C(=O)N2CCSCC2)c2ccccc2S1. The lowest BCUT2D eigenvalue weighted by molar-refractivity contribution is -0.136. The predicted molar refractivity (Wildman–Crippen MR) is 117 cm³/mol. The molecule has 5 nitrogen and oxygen atoms in total. The van der Waals surface area contributed by atoms with Crippen LogP contribution < -0.4 is 4.90 Å². The van der Waals surface area contributed by atoms with E-state index in [1.54, 1.807) is 0 Å². The molecule has 0 N–H and O–H groups in total. The van der Waals surface area contributed by atoms with Crippen LogP contribution in [0.4, 0.5) is 5.69 Å². The molecule has 3 aliphatic heterocycles. The fourth-order valence-electron chi connectivity index (χ4n) is 4.29. The van der Waals surface area contributed by atoms with Crippen LogP contribution in [0.15, 0.2) is 29.2 Å². The van der Waals surface area contributed by atoms with E-state index in [2.05, 4.69) is 24.0 Å². The first-order valence-corrected chi connectivity index (χ1v) is 12.3. The summed E-state index contributed by atoms with van der Waals surface area (Å²) in [6.07, 6.45) is 2.86. The van der Waals surface area contributed by atoms with Gasteiger partial charge < -0.3 is 9.80 Å². The summed E-state index contributed by atoms with van der Waals surface area (Å²) < 4.78 is 0.